The lowest BCUT2D eigenvalue weighted by Gasteiger charge is -2.07. The molecule has 0 saturated heterocycles. The molecule has 1 aromatic carbocycles. The van der Waals surface area contributed by atoms with Gasteiger partial charge < -0.3 is 5.32 Å². The normalized spacial score (nSPS) is 11.3. The summed E-state index contributed by atoms with van der Waals surface area (Å²) in [4.78, 5) is 13.6. The molecule has 0 atom stereocenters. The van der Waals surface area contributed by atoms with Crippen molar-refractivity contribution in [3.8, 4) is 16.9 Å². The fourth-order valence-corrected chi connectivity index (χ4v) is 4.08. The van der Waals surface area contributed by atoms with Crippen molar-refractivity contribution < 1.29 is 0 Å². The van der Waals surface area contributed by atoms with Crippen molar-refractivity contribution in [3.63, 3.8) is 0 Å². The molecule has 0 spiro atoms. The van der Waals surface area contributed by atoms with E-state index in [2.05, 4.69) is 40.7 Å². The molecule has 0 fully saturated rings. The van der Waals surface area contributed by atoms with Crippen LogP contribution in [-0.4, -0.2) is 49.1 Å². The van der Waals surface area contributed by atoms with E-state index in [-0.39, 0.29) is 0 Å². The van der Waals surface area contributed by atoms with Gasteiger partial charge in [0, 0.05) is 43.9 Å². The Morgan fingerprint density at radius 2 is 1.75 bits per heavy atom. The average Bonchev–Trinajstić information content (AvgIpc) is 3.61. The summed E-state index contributed by atoms with van der Waals surface area (Å²) in [6.45, 7) is 1.90. The molecule has 0 amide bonds. The van der Waals surface area contributed by atoms with Crippen LogP contribution >= 0.6 is 0 Å². The predicted octanol–water partition coefficient (Wildman–Crippen LogP) is 3.34. The number of para-hydroxylation sites is 1. The fraction of sp³-hybridized carbons (Fsp3) is 0.160. The van der Waals surface area contributed by atoms with Crippen molar-refractivity contribution in [1.82, 2.24) is 49.1 Å². The van der Waals surface area contributed by atoms with Gasteiger partial charge in [-0.05, 0) is 37.3 Å². The van der Waals surface area contributed by atoms with Crippen LogP contribution < -0.4 is 5.32 Å². The summed E-state index contributed by atoms with van der Waals surface area (Å²) in [6.07, 6.45) is 6.79. The molecule has 0 aliphatic heterocycles. The number of nitrogens with zero attached hydrogens (tertiary/aromatic N) is 10. The first kappa shape index (κ1) is 21.6. The Hall–Kier alpha value is -4.93. The lowest BCUT2D eigenvalue weighted by molar-refractivity contribution is 0.742. The van der Waals surface area contributed by atoms with E-state index in [1.165, 1.54) is 0 Å². The first-order valence-corrected chi connectivity index (χ1v) is 11.5. The first-order chi connectivity index (χ1) is 17.6. The van der Waals surface area contributed by atoms with Gasteiger partial charge in [-0.3, -0.25) is 9.08 Å². The van der Waals surface area contributed by atoms with Gasteiger partial charge in [0.15, 0.2) is 5.65 Å². The maximum atomic E-state index is 4.65. The second-order valence-corrected chi connectivity index (χ2v) is 8.31. The van der Waals surface area contributed by atoms with Crippen LogP contribution in [-0.2, 0) is 19.9 Å². The van der Waals surface area contributed by atoms with E-state index in [4.69, 9.17) is 0 Å². The van der Waals surface area contributed by atoms with Gasteiger partial charge in [-0.25, -0.2) is 19.6 Å². The van der Waals surface area contributed by atoms with Crippen molar-refractivity contribution in [2.24, 2.45) is 7.05 Å². The van der Waals surface area contributed by atoms with Crippen LogP contribution in [0.2, 0.25) is 0 Å². The minimum absolute atomic E-state index is 0.496. The van der Waals surface area contributed by atoms with E-state index in [9.17, 15) is 0 Å². The van der Waals surface area contributed by atoms with Crippen LogP contribution in [0.4, 0.5) is 11.8 Å². The monoisotopic (exact) mass is 477 g/mol. The van der Waals surface area contributed by atoms with Gasteiger partial charge in [0.25, 0.3) is 0 Å². The standard InChI is InChI=1S/C25H23N11/c1-17-28-22(36(33-17)19-6-4-3-5-7-19)8-9-23-31-32-24-16-18(12-15-35(23)24)20-10-13-26-25(29-20)30-21-11-14-27-34(21)2/h3-7,10-16H,8-9H2,1-2H3,(H,26,29,30). The van der Waals surface area contributed by atoms with Crippen LogP contribution in [0.25, 0.3) is 22.6 Å². The zero-order valence-corrected chi connectivity index (χ0v) is 19.8. The van der Waals surface area contributed by atoms with Crippen LogP contribution in [0.1, 0.15) is 17.5 Å². The molecule has 0 bridgehead atoms. The van der Waals surface area contributed by atoms with Crippen LogP contribution in [0.3, 0.4) is 0 Å². The van der Waals surface area contributed by atoms with Crippen molar-refractivity contribution in [2.45, 2.75) is 19.8 Å². The SMILES string of the molecule is Cc1nc(CCc2nnc3cc(-c4ccnc(Nc5ccnn5C)n4)ccn23)n(-c2ccccc2)n1. The van der Waals surface area contributed by atoms with Crippen LogP contribution in [0.5, 0.6) is 0 Å². The van der Waals surface area contributed by atoms with Crippen molar-refractivity contribution in [3.05, 3.63) is 90.7 Å². The summed E-state index contributed by atoms with van der Waals surface area (Å²) in [5.41, 5.74) is 3.46. The highest BCUT2D eigenvalue weighted by atomic mass is 15.4. The predicted molar refractivity (Wildman–Crippen MR) is 134 cm³/mol. The zero-order valence-electron chi connectivity index (χ0n) is 19.8. The minimum atomic E-state index is 0.496. The molecule has 0 aliphatic rings. The van der Waals surface area contributed by atoms with Gasteiger partial charge in [-0.1, -0.05) is 18.2 Å². The minimum Gasteiger partial charge on any atom is -0.309 e. The second kappa shape index (κ2) is 9.02. The fourth-order valence-electron chi connectivity index (χ4n) is 4.08. The summed E-state index contributed by atoms with van der Waals surface area (Å²) >= 11 is 0. The van der Waals surface area contributed by atoms with Gasteiger partial charge >= 0.3 is 0 Å². The smallest absolute Gasteiger partial charge is 0.228 e. The van der Waals surface area contributed by atoms with Gasteiger partial charge in [0.2, 0.25) is 5.95 Å². The molecule has 11 nitrogen and oxygen atoms in total. The molecule has 0 radical (unpaired) electrons. The van der Waals surface area contributed by atoms with E-state index < -0.39 is 0 Å². The first-order valence-electron chi connectivity index (χ1n) is 11.5. The van der Waals surface area contributed by atoms with E-state index >= 15 is 0 Å². The lowest BCUT2D eigenvalue weighted by Crippen LogP contribution is -2.06. The molecule has 0 aliphatic carbocycles. The third kappa shape index (κ3) is 4.17. The number of nitrogens with one attached hydrogen (secondary N) is 1. The third-order valence-corrected chi connectivity index (χ3v) is 5.85. The van der Waals surface area contributed by atoms with Crippen LogP contribution in [0.15, 0.2) is 73.2 Å². The van der Waals surface area contributed by atoms with Gasteiger partial charge in [-0.15, -0.1) is 10.2 Å². The number of anilines is 2. The molecule has 6 aromatic rings. The molecule has 1 N–H and O–H groups in total. The van der Waals surface area contributed by atoms with E-state index in [0.29, 0.717) is 18.8 Å². The Morgan fingerprint density at radius 1 is 0.889 bits per heavy atom. The van der Waals surface area contributed by atoms with Gasteiger partial charge in [0.1, 0.15) is 23.3 Å². The topological polar surface area (TPSA) is 117 Å². The Morgan fingerprint density at radius 3 is 2.58 bits per heavy atom. The van der Waals surface area contributed by atoms with E-state index in [0.717, 1.165) is 45.9 Å². The largest absolute Gasteiger partial charge is 0.309 e. The summed E-state index contributed by atoms with van der Waals surface area (Å²) in [7, 11) is 1.86. The van der Waals surface area contributed by atoms with Crippen LogP contribution in [0, 0.1) is 6.92 Å². The summed E-state index contributed by atoms with van der Waals surface area (Å²) in [6, 6.07) is 17.7. The number of hydrogen-bond acceptors (Lipinski definition) is 8. The number of pyridine rings is 1. The molecule has 5 heterocycles. The highest BCUT2D eigenvalue weighted by molar-refractivity contribution is 5.65. The highest BCUT2D eigenvalue weighted by Gasteiger charge is 2.13. The maximum Gasteiger partial charge on any atom is 0.228 e. The molecule has 36 heavy (non-hydrogen) atoms. The Labute approximate surface area is 206 Å². The molecule has 5 aromatic heterocycles. The molecular formula is C25H23N11. The van der Waals surface area contributed by atoms with Crippen molar-refractivity contribution >= 4 is 17.4 Å². The van der Waals surface area contributed by atoms with Gasteiger partial charge in [-0.2, -0.15) is 10.2 Å². The summed E-state index contributed by atoms with van der Waals surface area (Å²) in [5.74, 6) is 3.80. The van der Waals surface area contributed by atoms with E-state index in [1.54, 1.807) is 17.1 Å². The molecule has 0 saturated carbocycles. The second-order valence-electron chi connectivity index (χ2n) is 8.31. The zero-order chi connectivity index (χ0) is 24.5. The van der Waals surface area contributed by atoms with E-state index in [1.807, 2.05) is 83.8 Å². The summed E-state index contributed by atoms with van der Waals surface area (Å²) in [5, 5.41) is 20.7. The number of aromatic nitrogens is 10. The average molecular weight is 478 g/mol. The lowest BCUT2D eigenvalue weighted by atomic mass is 10.2. The Bertz CT molecular complexity index is 1650. The summed E-state index contributed by atoms with van der Waals surface area (Å²) < 4.78 is 5.61. The molecule has 11 heteroatoms. The number of rotatable bonds is 7. The number of aryl methyl sites for hydroxylation is 4. The quantitative estimate of drug-likeness (QED) is 0.372. The number of hydrogen-bond donors (Lipinski definition) is 1. The highest BCUT2D eigenvalue weighted by Crippen LogP contribution is 2.21. The Kier molecular flexibility index (Phi) is 5.41. The number of benzene rings is 1. The third-order valence-electron chi connectivity index (χ3n) is 5.85. The number of fused-ring (bicyclic) bond motifs is 1. The molecule has 6 rings (SSSR count). The molecular weight excluding hydrogens is 454 g/mol. The maximum absolute atomic E-state index is 4.65. The molecule has 0 unspecified atom stereocenters. The molecule has 178 valence electrons. The van der Waals surface area contributed by atoms with Crippen molar-refractivity contribution in [1.29, 1.82) is 0 Å². The van der Waals surface area contributed by atoms with Gasteiger partial charge in [0.05, 0.1) is 17.6 Å². The Balaban J connectivity index is 1.23. The van der Waals surface area contributed by atoms with Crippen molar-refractivity contribution in [2.75, 3.05) is 5.32 Å².